The minimum Gasteiger partial charge on any atom is -0.465 e. The van der Waals surface area contributed by atoms with Gasteiger partial charge in [0.1, 0.15) is 0 Å². The zero-order valence-electron chi connectivity index (χ0n) is 20.2. The summed E-state index contributed by atoms with van der Waals surface area (Å²) in [6, 6.07) is 0.525. The van der Waals surface area contributed by atoms with E-state index < -0.39 is 71.6 Å². The molecule has 0 unspecified atom stereocenters. The molecule has 2 amide bonds. The number of carbonyl (C=O) groups excluding carboxylic acids is 1. The molecule has 6 nitrogen and oxygen atoms in total. The molecule has 0 aromatic heterocycles. The molecule has 1 aliphatic heterocycles. The van der Waals surface area contributed by atoms with E-state index in [0.717, 1.165) is 18.1 Å². The lowest BCUT2D eigenvalue weighted by Gasteiger charge is -2.43. The molecule has 1 aliphatic rings. The third-order valence-corrected chi connectivity index (χ3v) is 6.30. The molecule has 1 N–H and O–H groups in total. The molecule has 214 valence electrons. The maximum Gasteiger partial charge on any atom is 0.416 e. The topological polar surface area (TPSA) is 70.1 Å². The Labute approximate surface area is 215 Å². The predicted octanol–water partition coefficient (Wildman–Crippen LogP) is 7.72. The van der Waals surface area contributed by atoms with Crippen molar-refractivity contribution in [2.24, 2.45) is 0 Å². The number of ether oxygens (including phenoxy) is 1. The van der Waals surface area contributed by atoms with E-state index >= 15 is 0 Å². The van der Waals surface area contributed by atoms with Gasteiger partial charge in [-0.05, 0) is 60.4 Å². The average molecular weight is 572 g/mol. The Balaban J connectivity index is 2.22. The van der Waals surface area contributed by atoms with Crippen LogP contribution < -0.4 is 4.90 Å². The van der Waals surface area contributed by atoms with Gasteiger partial charge in [0.25, 0.3) is 0 Å². The van der Waals surface area contributed by atoms with Crippen LogP contribution in [0.25, 0.3) is 0 Å². The van der Waals surface area contributed by atoms with Crippen molar-refractivity contribution in [3.63, 3.8) is 0 Å². The standard InChI is InChI=1S/C24H21F9N2O4/c1-3-16-10-19(17-9-13(22(25,26)27)4-5-18(17)35(16)20(36)37)34(21(38)39-2)11-12-6-14(23(28,29)30)8-15(7-12)24(31,32)33/h4-9,16,19H,3,10-11H2,1-2H3,(H,36,37)/t16-,19-/m1/s1. The van der Waals surface area contributed by atoms with Crippen LogP contribution >= 0.6 is 0 Å². The fourth-order valence-electron chi connectivity index (χ4n) is 4.53. The number of hydrogen-bond donors (Lipinski definition) is 1. The summed E-state index contributed by atoms with van der Waals surface area (Å²) in [5.74, 6) is 0. The number of fused-ring (bicyclic) bond motifs is 1. The van der Waals surface area contributed by atoms with Crippen LogP contribution in [-0.2, 0) is 29.8 Å². The summed E-state index contributed by atoms with van der Waals surface area (Å²) in [4.78, 5) is 26.3. The molecule has 15 heteroatoms. The van der Waals surface area contributed by atoms with E-state index in [-0.39, 0.29) is 30.2 Å². The third kappa shape index (κ3) is 6.33. The van der Waals surface area contributed by atoms with E-state index in [0.29, 0.717) is 29.2 Å². The number of benzene rings is 2. The highest BCUT2D eigenvalue weighted by Gasteiger charge is 2.43. The van der Waals surface area contributed by atoms with Gasteiger partial charge in [-0.3, -0.25) is 9.80 Å². The molecule has 39 heavy (non-hydrogen) atoms. The molecule has 2 aromatic carbocycles. The maximum absolute atomic E-state index is 13.5. The van der Waals surface area contributed by atoms with Crippen molar-refractivity contribution in [2.45, 2.75) is 56.9 Å². The molecular formula is C24H21F9N2O4. The summed E-state index contributed by atoms with van der Waals surface area (Å²) in [6.07, 6.45) is -18.2. The van der Waals surface area contributed by atoms with Crippen LogP contribution in [0, 0.1) is 0 Å². The van der Waals surface area contributed by atoms with Crippen LogP contribution in [0.5, 0.6) is 0 Å². The highest BCUT2D eigenvalue weighted by atomic mass is 19.4. The van der Waals surface area contributed by atoms with Gasteiger partial charge in [-0.2, -0.15) is 39.5 Å². The normalized spacial score (nSPS) is 18.0. The summed E-state index contributed by atoms with van der Waals surface area (Å²) in [7, 11) is 0.874. The Morgan fingerprint density at radius 1 is 0.923 bits per heavy atom. The van der Waals surface area contributed by atoms with Gasteiger partial charge < -0.3 is 9.84 Å². The molecule has 0 aliphatic carbocycles. The van der Waals surface area contributed by atoms with Crippen LogP contribution in [0.2, 0.25) is 0 Å². The van der Waals surface area contributed by atoms with Crippen molar-refractivity contribution in [1.82, 2.24) is 4.90 Å². The molecule has 0 bridgehead atoms. The number of nitrogens with zero attached hydrogens (tertiary/aromatic N) is 2. The number of rotatable bonds is 4. The number of methoxy groups -OCH3 is 1. The van der Waals surface area contributed by atoms with Crippen LogP contribution in [-0.4, -0.2) is 35.3 Å². The third-order valence-electron chi connectivity index (χ3n) is 6.30. The van der Waals surface area contributed by atoms with Gasteiger partial charge in [-0.15, -0.1) is 0 Å². The first-order chi connectivity index (χ1) is 17.9. The highest BCUT2D eigenvalue weighted by molar-refractivity contribution is 5.89. The first-order valence-electron chi connectivity index (χ1n) is 11.2. The Bertz CT molecular complexity index is 1210. The Hall–Kier alpha value is -3.65. The van der Waals surface area contributed by atoms with Gasteiger partial charge >= 0.3 is 30.7 Å². The van der Waals surface area contributed by atoms with Crippen LogP contribution in [0.3, 0.4) is 0 Å². The molecule has 0 fully saturated rings. The van der Waals surface area contributed by atoms with Crippen LogP contribution in [0.1, 0.15) is 53.6 Å². The number of hydrogen-bond acceptors (Lipinski definition) is 3. The molecular weight excluding hydrogens is 551 g/mol. The van der Waals surface area contributed by atoms with E-state index in [1.54, 1.807) is 6.92 Å². The number of alkyl halides is 9. The second kappa shape index (κ2) is 10.5. The first kappa shape index (κ1) is 29.9. The molecule has 0 saturated heterocycles. The molecule has 2 atom stereocenters. The van der Waals surface area contributed by atoms with Crippen molar-refractivity contribution in [3.05, 3.63) is 64.2 Å². The lowest BCUT2D eigenvalue weighted by atomic mass is 9.87. The largest absolute Gasteiger partial charge is 0.465 e. The summed E-state index contributed by atoms with van der Waals surface area (Å²) < 4.78 is 126. The fraction of sp³-hybridized carbons (Fsp3) is 0.417. The van der Waals surface area contributed by atoms with Gasteiger partial charge in [0.05, 0.1) is 35.5 Å². The van der Waals surface area contributed by atoms with E-state index in [2.05, 4.69) is 4.74 Å². The lowest BCUT2D eigenvalue weighted by molar-refractivity contribution is -0.143. The summed E-state index contributed by atoms with van der Waals surface area (Å²) in [5.41, 5.74) is -5.65. The SMILES string of the molecule is CC[C@@H]1C[C@@H](N(Cc2cc(C(F)(F)F)cc(C(F)(F)F)c2)C(=O)OC)c2cc(C(F)(F)F)ccc2N1C(=O)O. The Kier molecular flexibility index (Phi) is 8.04. The maximum atomic E-state index is 13.5. The van der Waals surface area contributed by atoms with Gasteiger partial charge in [-0.1, -0.05) is 6.92 Å². The molecule has 1 heterocycles. The Morgan fingerprint density at radius 2 is 1.46 bits per heavy atom. The smallest absolute Gasteiger partial charge is 0.416 e. The van der Waals surface area contributed by atoms with Crippen LogP contribution in [0.4, 0.5) is 54.8 Å². The van der Waals surface area contributed by atoms with Gasteiger partial charge in [0.15, 0.2) is 0 Å². The number of carboxylic acid groups (broad SMARTS) is 1. The summed E-state index contributed by atoms with van der Waals surface area (Å²) >= 11 is 0. The quantitative estimate of drug-likeness (QED) is 0.381. The van der Waals surface area contributed by atoms with E-state index in [1.165, 1.54) is 0 Å². The first-order valence-corrected chi connectivity index (χ1v) is 11.2. The van der Waals surface area contributed by atoms with E-state index in [4.69, 9.17) is 0 Å². The zero-order valence-corrected chi connectivity index (χ0v) is 20.2. The molecule has 0 spiro atoms. The second-order valence-electron chi connectivity index (χ2n) is 8.75. The summed E-state index contributed by atoms with van der Waals surface area (Å²) in [6.45, 7) is 0.654. The van der Waals surface area contributed by atoms with Crippen molar-refractivity contribution in [1.29, 1.82) is 0 Å². The number of amides is 2. The molecule has 0 saturated carbocycles. The molecule has 0 radical (unpaired) electrons. The van der Waals surface area contributed by atoms with E-state index in [1.807, 2.05) is 0 Å². The minimum atomic E-state index is -5.18. The van der Waals surface area contributed by atoms with Gasteiger partial charge in [0, 0.05) is 12.6 Å². The zero-order chi connectivity index (χ0) is 29.5. The van der Waals surface area contributed by atoms with Crippen molar-refractivity contribution < 1.29 is 58.9 Å². The van der Waals surface area contributed by atoms with Crippen molar-refractivity contribution >= 4 is 17.9 Å². The average Bonchev–Trinajstić information content (AvgIpc) is 2.83. The molecule has 2 aromatic rings. The fourth-order valence-corrected chi connectivity index (χ4v) is 4.53. The molecule has 3 rings (SSSR count). The highest BCUT2D eigenvalue weighted by Crippen LogP contribution is 2.45. The van der Waals surface area contributed by atoms with E-state index in [9.17, 15) is 54.2 Å². The summed E-state index contributed by atoms with van der Waals surface area (Å²) in [5, 5.41) is 9.73. The number of anilines is 1. The van der Waals surface area contributed by atoms with Crippen molar-refractivity contribution in [3.8, 4) is 0 Å². The number of carbonyl (C=O) groups is 2. The van der Waals surface area contributed by atoms with Gasteiger partial charge in [-0.25, -0.2) is 9.59 Å². The van der Waals surface area contributed by atoms with Crippen molar-refractivity contribution in [2.75, 3.05) is 12.0 Å². The Morgan fingerprint density at radius 3 is 1.90 bits per heavy atom. The number of halogens is 9. The van der Waals surface area contributed by atoms with Gasteiger partial charge in [0.2, 0.25) is 0 Å². The second-order valence-corrected chi connectivity index (χ2v) is 8.75. The predicted molar refractivity (Wildman–Crippen MR) is 118 cm³/mol. The van der Waals surface area contributed by atoms with Crippen LogP contribution in [0.15, 0.2) is 36.4 Å². The monoisotopic (exact) mass is 572 g/mol. The minimum absolute atomic E-state index is 0.102. The lowest BCUT2D eigenvalue weighted by Crippen LogP contribution is -2.48.